The van der Waals surface area contributed by atoms with E-state index < -0.39 is 0 Å². The number of pyridine rings is 1. The van der Waals surface area contributed by atoms with Gasteiger partial charge >= 0.3 is 5.82 Å². The van der Waals surface area contributed by atoms with Crippen molar-refractivity contribution in [3.63, 3.8) is 0 Å². The third-order valence-corrected chi connectivity index (χ3v) is 4.93. The maximum Gasteiger partial charge on any atom is 0.373 e. The number of piperazine rings is 1. The number of hydrogen-bond acceptors (Lipinski definition) is 8. The molecule has 10 heteroatoms. The van der Waals surface area contributed by atoms with E-state index in [9.17, 15) is 15.4 Å². The zero-order valence-corrected chi connectivity index (χ0v) is 13.9. The van der Waals surface area contributed by atoms with E-state index in [0.29, 0.717) is 48.3 Å². The predicted molar refractivity (Wildman–Crippen MR) is 93.1 cm³/mol. The molecule has 0 bridgehead atoms. The molecular weight excluding hydrogens is 342 g/mol. The maximum atomic E-state index is 11.5. The molecule has 0 unspecified atom stereocenters. The molecular formula is C15H13N7O2S. The SMILES string of the molecule is N#Cc1cccnc1N1CCN(c2nc3sccn3c2[N+](=O)[O-])CC1. The van der Waals surface area contributed by atoms with Gasteiger partial charge in [-0.2, -0.15) is 14.6 Å². The fourth-order valence-electron chi connectivity index (χ4n) is 3.01. The van der Waals surface area contributed by atoms with Crippen molar-refractivity contribution in [3.8, 4) is 6.07 Å². The summed E-state index contributed by atoms with van der Waals surface area (Å²) in [5.41, 5.74) is 0.532. The Balaban J connectivity index is 1.59. The van der Waals surface area contributed by atoms with Crippen molar-refractivity contribution in [2.75, 3.05) is 36.0 Å². The molecule has 0 aliphatic carbocycles. The van der Waals surface area contributed by atoms with Gasteiger partial charge < -0.3 is 19.9 Å². The zero-order valence-electron chi connectivity index (χ0n) is 13.1. The van der Waals surface area contributed by atoms with Crippen LogP contribution in [-0.4, -0.2) is 45.5 Å². The molecule has 0 radical (unpaired) electrons. The van der Waals surface area contributed by atoms with Crippen molar-refractivity contribution in [2.45, 2.75) is 0 Å². The monoisotopic (exact) mass is 355 g/mol. The molecule has 126 valence electrons. The summed E-state index contributed by atoms with van der Waals surface area (Å²) in [6.07, 6.45) is 3.33. The van der Waals surface area contributed by atoms with Gasteiger partial charge in [-0.15, -0.1) is 0 Å². The van der Waals surface area contributed by atoms with Crippen LogP contribution < -0.4 is 9.80 Å². The number of imidazole rings is 1. The molecule has 0 atom stereocenters. The number of thiazole rings is 1. The average molecular weight is 355 g/mol. The first kappa shape index (κ1) is 15.3. The number of nitrogens with zero attached hydrogens (tertiary/aromatic N) is 7. The lowest BCUT2D eigenvalue weighted by Crippen LogP contribution is -2.47. The van der Waals surface area contributed by atoms with Crippen LogP contribution in [-0.2, 0) is 0 Å². The van der Waals surface area contributed by atoms with Crippen LogP contribution >= 0.6 is 11.3 Å². The molecule has 9 nitrogen and oxygen atoms in total. The van der Waals surface area contributed by atoms with Crippen LogP contribution in [0.25, 0.3) is 4.96 Å². The van der Waals surface area contributed by atoms with E-state index in [2.05, 4.69) is 16.0 Å². The van der Waals surface area contributed by atoms with E-state index in [0.717, 1.165) is 0 Å². The van der Waals surface area contributed by atoms with E-state index >= 15 is 0 Å². The summed E-state index contributed by atoms with van der Waals surface area (Å²) >= 11 is 1.37. The summed E-state index contributed by atoms with van der Waals surface area (Å²) < 4.78 is 1.51. The molecule has 4 heterocycles. The van der Waals surface area contributed by atoms with Crippen LogP contribution in [0.1, 0.15) is 5.56 Å². The fourth-order valence-corrected chi connectivity index (χ4v) is 3.71. The smallest absolute Gasteiger partial charge is 0.358 e. The van der Waals surface area contributed by atoms with E-state index in [4.69, 9.17) is 0 Å². The predicted octanol–water partition coefficient (Wildman–Crippen LogP) is 1.90. The van der Waals surface area contributed by atoms with Gasteiger partial charge in [-0.3, -0.25) is 0 Å². The first-order chi connectivity index (χ1) is 12.2. The molecule has 3 aromatic heterocycles. The van der Waals surface area contributed by atoms with Crippen LogP contribution in [0.15, 0.2) is 29.9 Å². The first-order valence-corrected chi connectivity index (χ1v) is 8.52. The van der Waals surface area contributed by atoms with Crippen molar-refractivity contribution >= 4 is 33.8 Å². The third kappa shape index (κ3) is 2.54. The minimum absolute atomic E-state index is 0.000231. The second kappa shape index (κ2) is 6.03. The topological polar surface area (TPSA) is 104 Å². The van der Waals surface area contributed by atoms with Crippen molar-refractivity contribution < 1.29 is 4.92 Å². The maximum absolute atomic E-state index is 11.5. The quantitative estimate of drug-likeness (QED) is 0.522. The number of hydrogen-bond donors (Lipinski definition) is 0. The Kier molecular flexibility index (Phi) is 3.70. The second-order valence-corrected chi connectivity index (χ2v) is 6.41. The second-order valence-electron chi connectivity index (χ2n) is 5.53. The molecule has 1 fully saturated rings. The minimum Gasteiger partial charge on any atom is -0.358 e. The Morgan fingerprint density at radius 3 is 2.64 bits per heavy atom. The normalized spacial score (nSPS) is 14.7. The van der Waals surface area contributed by atoms with Crippen LogP contribution in [0.5, 0.6) is 0 Å². The lowest BCUT2D eigenvalue weighted by Gasteiger charge is -2.35. The molecule has 0 spiro atoms. The van der Waals surface area contributed by atoms with E-state index in [1.165, 1.54) is 15.7 Å². The van der Waals surface area contributed by atoms with Crippen molar-refractivity contribution in [2.24, 2.45) is 0 Å². The van der Waals surface area contributed by atoms with E-state index in [1.54, 1.807) is 29.9 Å². The lowest BCUT2D eigenvalue weighted by atomic mass is 10.2. The van der Waals surface area contributed by atoms with Gasteiger partial charge in [0.15, 0.2) is 0 Å². The summed E-state index contributed by atoms with van der Waals surface area (Å²) in [4.78, 5) is 24.4. The molecule has 1 aliphatic heterocycles. The van der Waals surface area contributed by atoms with Crippen LogP contribution in [0.3, 0.4) is 0 Å². The summed E-state index contributed by atoms with van der Waals surface area (Å²) in [6, 6.07) is 5.63. The van der Waals surface area contributed by atoms with Gasteiger partial charge in [0.25, 0.3) is 4.96 Å². The molecule has 4 rings (SSSR count). The Morgan fingerprint density at radius 1 is 1.24 bits per heavy atom. The molecule has 0 N–H and O–H groups in total. The molecule has 0 aromatic carbocycles. The van der Waals surface area contributed by atoms with Gasteiger partial charge in [-0.05, 0) is 17.1 Å². The fraction of sp³-hybridized carbons (Fsp3) is 0.267. The highest BCUT2D eigenvalue weighted by Crippen LogP contribution is 2.32. The highest BCUT2D eigenvalue weighted by Gasteiger charge is 2.30. The molecule has 25 heavy (non-hydrogen) atoms. The Bertz CT molecular complexity index is 981. The first-order valence-electron chi connectivity index (χ1n) is 7.64. The highest BCUT2D eigenvalue weighted by molar-refractivity contribution is 7.15. The summed E-state index contributed by atoms with van der Waals surface area (Å²) in [5, 5.41) is 22.5. The molecule has 1 saturated heterocycles. The summed E-state index contributed by atoms with van der Waals surface area (Å²) in [7, 11) is 0. The Morgan fingerprint density at radius 2 is 1.96 bits per heavy atom. The number of fused-ring (bicyclic) bond motifs is 1. The Labute approximate surface area is 146 Å². The van der Waals surface area contributed by atoms with Crippen LogP contribution in [0.2, 0.25) is 0 Å². The summed E-state index contributed by atoms with van der Waals surface area (Å²) in [6.45, 7) is 2.39. The molecule has 0 amide bonds. The van der Waals surface area contributed by atoms with Gasteiger partial charge in [0.2, 0.25) is 5.82 Å². The van der Waals surface area contributed by atoms with E-state index in [-0.39, 0.29) is 10.7 Å². The number of aromatic nitrogens is 3. The van der Waals surface area contributed by atoms with Gasteiger partial charge in [0.05, 0.1) is 5.56 Å². The molecule has 1 aliphatic rings. The van der Waals surface area contributed by atoms with Gasteiger partial charge in [-0.25, -0.2) is 4.98 Å². The van der Waals surface area contributed by atoms with Gasteiger partial charge in [0, 0.05) is 37.8 Å². The van der Waals surface area contributed by atoms with Gasteiger partial charge in [-0.1, -0.05) is 11.3 Å². The third-order valence-electron chi connectivity index (χ3n) is 4.18. The average Bonchev–Trinajstić information content (AvgIpc) is 3.22. The molecule has 3 aromatic rings. The number of anilines is 2. The lowest BCUT2D eigenvalue weighted by molar-refractivity contribution is -0.389. The molecule has 0 saturated carbocycles. The summed E-state index contributed by atoms with van der Waals surface area (Å²) in [5.74, 6) is 1.06. The standard InChI is InChI=1S/C15H13N7O2S/c16-10-11-2-1-3-17-12(11)19-4-6-20(7-5-19)13-14(22(23)24)21-8-9-25-15(21)18-13/h1-3,8-9H,4-7H2. The zero-order chi connectivity index (χ0) is 17.4. The van der Waals surface area contributed by atoms with Gasteiger partial charge in [0.1, 0.15) is 18.1 Å². The van der Waals surface area contributed by atoms with Crippen molar-refractivity contribution in [1.29, 1.82) is 5.26 Å². The largest absolute Gasteiger partial charge is 0.373 e. The number of rotatable bonds is 3. The highest BCUT2D eigenvalue weighted by atomic mass is 32.1. The Hall–Kier alpha value is -3.19. The van der Waals surface area contributed by atoms with Crippen molar-refractivity contribution in [3.05, 3.63) is 45.6 Å². The minimum atomic E-state index is -0.388. The number of nitriles is 1. The van der Waals surface area contributed by atoms with Crippen LogP contribution in [0.4, 0.5) is 17.5 Å². The van der Waals surface area contributed by atoms with Crippen LogP contribution in [0, 0.1) is 21.4 Å². The van der Waals surface area contributed by atoms with E-state index in [1.807, 2.05) is 9.80 Å². The number of nitro groups is 1. The van der Waals surface area contributed by atoms with Crippen molar-refractivity contribution in [1.82, 2.24) is 14.4 Å².